The second-order valence-electron chi connectivity index (χ2n) is 4.51. The van der Waals surface area contributed by atoms with E-state index in [-0.39, 0.29) is 0 Å². The third-order valence-corrected chi connectivity index (χ3v) is 1.62. The molecule has 0 aromatic heterocycles. The van der Waals surface area contributed by atoms with Crippen LogP contribution in [-0.4, -0.2) is 43.8 Å². The molecule has 0 amide bonds. The quantitative estimate of drug-likeness (QED) is 0.695. The highest BCUT2D eigenvalue weighted by atomic mass is 16.6. The molecule has 0 aromatic carbocycles. The molecular weight excluding hydrogens is 194 g/mol. The first-order valence-electron chi connectivity index (χ1n) is 5.56. The summed E-state index contributed by atoms with van der Waals surface area (Å²) in [7, 11) is 0. The zero-order chi connectivity index (χ0) is 11.7. The van der Waals surface area contributed by atoms with Crippen LogP contribution >= 0.6 is 0 Å². The summed E-state index contributed by atoms with van der Waals surface area (Å²) in [6, 6.07) is 0. The van der Waals surface area contributed by atoms with E-state index in [1.165, 1.54) is 0 Å². The number of morpholine rings is 1. The van der Waals surface area contributed by atoms with Gasteiger partial charge in [-0.1, -0.05) is 13.8 Å². The Hall–Kier alpha value is -0.160. The van der Waals surface area contributed by atoms with Gasteiger partial charge in [0, 0.05) is 13.1 Å². The summed E-state index contributed by atoms with van der Waals surface area (Å²) >= 11 is 0. The van der Waals surface area contributed by atoms with Crippen molar-refractivity contribution in [3.8, 4) is 0 Å². The molecule has 2 N–H and O–H groups in total. The van der Waals surface area contributed by atoms with Gasteiger partial charge in [-0.3, -0.25) is 0 Å². The smallest absolute Gasteiger partial charge is 0.159 e. The van der Waals surface area contributed by atoms with E-state index in [4.69, 9.17) is 14.6 Å². The lowest BCUT2D eigenvalue weighted by Gasteiger charge is -2.19. The molecule has 4 nitrogen and oxygen atoms in total. The number of hydrogen-bond donors (Lipinski definition) is 2. The van der Waals surface area contributed by atoms with Crippen LogP contribution < -0.4 is 5.32 Å². The van der Waals surface area contributed by atoms with Crippen molar-refractivity contribution in [2.45, 2.75) is 33.5 Å². The van der Waals surface area contributed by atoms with Gasteiger partial charge in [-0.25, -0.2) is 0 Å². The van der Waals surface area contributed by atoms with Gasteiger partial charge in [0.15, 0.2) is 5.79 Å². The van der Waals surface area contributed by atoms with Crippen molar-refractivity contribution in [2.24, 2.45) is 5.92 Å². The Labute approximate surface area is 93.0 Å². The van der Waals surface area contributed by atoms with Crippen LogP contribution in [-0.2, 0) is 9.47 Å². The highest BCUT2D eigenvalue weighted by Gasteiger charge is 2.12. The van der Waals surface area contributed by atoms with Gasteiger partial charge in [0.2, 0.25) is 0 Å². The van der Waals surface area contributed by atoms with Crippen molar-refractivity contribution in [3.05, 3.63) is 0 Å². The normalized spacial score (nSPS) is 17.2. The monoisotopic (exact) mass is 219 g/mol. The van der Waals surface area contributed by atoms with E-state index in [9.17, 15) is 0 Å². The molecule has 0 atom stereocenters. The largest absolute Gasteiger partial charge is 0.379 e. The van der Waals surface area contributed by atoms with Gasteiger partial charge in [0.25, 0.3) is 0 Å². The van der Waals surface area contributed by atoms with E-state index in [0.717, 1.165) is 26.3 Å². The van der Waals surface area contributed by atoms with E-state index in [0.29, 0.717) is 12.5 Å². The van der Waals surface area contributed by atoms with Gasteiger partial charge >= 0.3 is 0 Å². The van der Waals surface area contributed by atoms with E-state index in [1.807, 2.05) is 13.8 Å². The first kappa shape index (κ1) is 14.8. The highest BCUT2D eigenvalue weighted by Crippen LogP contribution is 2.05. The first-order valence-corrected chi connectivity index (χ1v) is 5.56. The number of ether oxygens (including phenoxy) is 2. The second-order valence-corrected chi connectivity index (χ2v) is 4.51. The van der Waals surface area contributed by atoms with Crippen LogP contribution in [0.25, 0.3) is 0 Å². The van der Waals surface area contributed by atoms with Crippen molar-refractivity contribution in [2.75, 3.05) is 32.9 Å². The van der Waals surface area contributed by atoms with E-state index < -0.39 is 5.79 Å². The molecular formula is C11H25NO3. The molecule has 92 valence electrons. The van der Waals surface area contributed by atoms with E-state index in [1.54, 1.807) is 13.8 Å². The molecule has 1 fully saturated rings. The summed E-state index contributed by atoms with van der Waals surface area (Å²) < 4.78 is 10.1. The van der Waals surface area contributed by atoms with Crippen molar-refractivity contribution in [3.63, 3.8) is 0 Å². The molecule has 0 unspecified atom stereocenters. The molecule has 1 aliphatic rings. The van der Waals surface area contributed by atoms with Gasteiger partial charge in [0.1, 0.15) is 0 Å². The molecule has 0 aliphatic carbocycles. The maximum atomic E-state index is 9.04. The maximum absolute atomic E-state index is 9.04. The van der Waals surface area contributed by atoms with Crippen molar-refractivity contribution in [1.82, 2.24) is 5.32 Å². The summed E-state index contributed by atoms with van der Waals surface area (Å²) in [6.07, 6.45) is 0. The first-order chi connectivity index (χ1) is 6.92. The van der Waals surface area contributed by atoms with Gasteiger partial charge in [-0.2, -0.15) is 0 Å². The lowest BCUT2D eigenvalue weighted by molar-refractivity contribution is -0.181. The Morgan fingerprint density at radius 3 is 2.00 bits per heavy atom. The second kappa shape index (κ2) is 8.05. The average Bonchev–Trinajstić information content (AvgIpc) is 2.18. The van der Waals surface area contributed by atoms with Gasteiger partial charge in [-0.15, -0.1) is 0 Å². The Morgan fingerprint density at radius 1 is 1.33 bits per heavy atom. The number of aliphatic hydroxyl groups is 1. The Morgan fingerprint density at radius 2 is 1.87 bits per heavy atom. The van der Waals surface area contributed by atoms with Gasteiger partial charge < -0.3 is 19.9 Å². The third-order valence-electron chi connectivity index (χ3n) is 1.62. The zero-order valence-corrected chi connectivity index (χ0v) is 10.4. The van der Waals surface area contributed by atoms with Gasteiger partial charge in [0.05, 0.1) is 19.8 Å². The summed E-state index contributed by atoms with van der Waals surface area (Å²) in [5, 5.41) is 12.2. The molecule has 1 saturated heterocycles. The third kappa shape index (κ3) is 13.8. The SMILES string of the molecule is C1COCCN1.CC(C)COC(C)(C)O. The fraction of sp³-hybridized carbons (Fsp3) is 1.00. The maximum Gasteiger partial charge on any atom is 0.159 e. The summed E-state index contributed by atoms with van der Waals surface area (Å²) in [4.78, 5) is 0. The van der Waals surface area contributed by atoms with Crippen LogP contribution in [0.1, 0.15) is 27.7 Å². The highest BCUT2D eigenvalue weighted by molar-refractivity contribution is 4.50. The van der Waals surface area contributed by atoms with Crippen LogP contribution in [0.3, 0.4) is 0 Å². The van der Waals surface area contributed by atoms with Crippen LogP contribution in [0.4, 0.5) is 0 Å². The molecule has 0 radical (unpaired) electrons. The van der Waals surface area contributed by atoms with Crippen LogP contribution in [0.2, 0.25) is 0 Å². The minimum atomic E-state index is -0.968. The van der Waals surface area contributed by atoms with Crippen LogP contribution in [0.15, 0.2) is 0 Å². The summed E-state index contributed by atoms with van der Waals surface area (Å²) in [5.41, 5.74) is 0. The predicted octanol–water partition coefficient (Wildman–Crippen LogP) is 0.994. The van der Waals surface area contributed by atoms with Crippen molar-refractivity contribution >= 4 is 0 Å². The standard InChI is InChI=1S/C7H16O2.C4H9NO/c1-6(2)5-9-7(3,4)8;1-3-6-4-2-5-1/h6,8H,5H2,1-4H3;5H,1-4H2. The molecule has 15 heavy (non-hydrogen) atoms. The fourth-order valence-electron chi connectivity index (χ4n) is 0.886. The minimum Gasteiger partial charge on any atom is -0.379 e. The van der Waals surface area contributed by atoms with E-state index >= 15 is 0 Å². The predicted molar refractivity (Wildman–Crippen MR) is 60.8 cm³/mol. The van der Waals surface area contributed by atoms with Crippen molar-refractivity contribution in [1.29, 1.82) is 0 Å². The summed E-state index contributed by atoms with van der Waals surface area (Å²) in [5.74, 6) is -0.485. The Balaban J connectivity index is 0.000000280. The lowest BCUT2D eigenvalue weighted by atomic mass is 10.2. The topological polar surface area (TPSA) is 50.7 Å². The molecule has 1 rings (SSSR count). The van der Waals surface area contributed by atoms with Crippen molar-refractivity contribution < 1.29 is 14.6 Å². The van der Waals surface area contributed by atoms with E-state index in [2.05, 4.69) is 5.32 Å². The molecule has 0 saturated carbocycles. The number of hydrogen-bond acceptors (Lipinski definition) is 4. The minimum absolute atomic E-state index is 0.483. The Bertz CT molecular complexity index is 128. The molecule has 0 aromatic rings. The summed E-state index contributed by atoms with van der Waals surface area (Å²) in [6.45, 7) is 11.8. The Kier molecular flexibility index (Phi) is 7.96. The molecule has 0 spiro atoms. The molecule has 1 heterocycles. The van der Waals surface area contributed by atoms with Crippen LogP contribution in [0.5, 0.6) is 0 Å². The number of nitrogens with one attached hydrogen (secondary N) is 1. The van der Waals surface area contributed by atoms with Gasteiger partial charge in [-0.05, 0) is 19.8 Å². The average molecular weight is 219 g/mol. The number of rotatable bonds is 3. The fourth-order valence-corrected chi connectivity index (χ4v) is 0.886. The molecule has 0 bridgehead atoms. The molecule has 1 aliphatic heterocycles. The molecule has 4 heteroatoms. The van der Waals surface area contributed by atoms with Crippen LogP contribution in [0, 0.1) is 5.92 Å². The lowest BCUT2D eigenvalue weighted by Crippen LogP contribution is -2.30. The zero-order valence-electron chi connectivity index (χ0n) is 10.4.